The van der Waals surface area contributed by atoms with Gasteiger partial charge in [-0.15, -0.1) is 0 Å². The number of rotatable bonds is 5. The van der Waals surface area contributed by atoms with Gasteiger partial charge in [-0.25, -0.2) is 0 Å². The van der Waals surface area contributed by atoms with Crippen LogP contribution >= 0.6 is 0 Å². The van der Waals surface area contributed by atoms with Gasteiger partial charge in [-0.05, 0) is 49.1 Å². The number of carbonyl (C=O) groups excluding carboxylic acids is 2. The molecular formula is C20H22N2O3S. The van der Waals surface area contributed by atoms with Crippen LogP contribution in [-0.4, -0.2) is 27.8 Å². The van der Waals surface area contributed by atoms with Crippen molar-refractivity contribution in [2.24, 2.45) is 5.73 Å². The Hall–Kier alpha value is -2.47. The Morgan fingerprint density at radius 3 is 2.73 bits per heavy atom. The molecule has 2 aromatic rings. The fourth-order valence-electron chi connectivity index (χ4n) is 3.33. The van der Waals surface area contributed by atoms with E-state index in [1.807, 2.05) is 31.2 Å². The van der Waals surface area contributed by atoms with Crippen LogP contribution in [-0.2, 0) is 27.8 Å². The fourth-order valence-corrected chi connectivity index (χ4v) is 4.39. The lowest BCUT2D eigenvalue weighted by Gasteiger charge is -2.35. The SMILES string of the molecule is C[C@@H]1CCc2ccccc2N1C(=O)C[S@](=O)Cc1cccc(C(N)=O)c1. The summed E-state index contributed by atoms with van der Waals surface area (Å²) in [5.41, 5.74) is 8.46. The van der Waals surface area contributed by atoms with E-state index in [-0.39, 0.29) is 23.5 Å². The minimum absolute atomic E-state index is 0.0422. The Bertz CT molecular complexity index is 866. The number of anilines is 1. The van der Waals surface area contributed by atoms with Crippen LogP contribution in [0.5, 0.6) is 0 Å². The van der Waals surface area contributed by atoms with Crippen molar-refractivity contribution >= 4 is 28.3 Å². The third-order valence-electron chi connectivity index (χ3n) is 4.62. The van der Waals surface area contributed by atoms with Crippen LogP contribution in [0, 0.1) is 0 Å². The fraction of sp³-hybridized carbons (Fsp3) is 0.300. The normalized spacial score (nSPS) is 17.4. The van der Waals surface area contributed by atoms with Gasteiger partial charge in [-0.2, -0.15) is 0 Å². The van der Waals surface area contributed by atoms with Gasteiger partial charge in [-0.3, -0.25) is 13.8 Å². The zero-order valence-electron chi connectivity index (χ0n) is 14.7. The molecular weight excluding hydrogens is 348 g/mol. The van der Waals surface area contributed by atoms with Crippen LogP contribution in [0.3, 0.4) is 0 Å². The molecule has 3 rings (SSSR count). The van der Waals surface area contributed by atoms with Crippen LogP contribution in [0.15, 0.2) is 48.5 Å². The Kier molecular flexibility index (Phi) is 5.52. The smallest absolute Gasteiger partial charge is 0.248 e. The highest BCUT2D eigenvalue weighted by molar-refractivity contribution is 7.84. The van der Waals surface area contributed by atoms with E-state index in [4.69, 9.17) is 5.73 Å². The highest BCUT2D eigenvalue weighted by Gasteiger charge is 2.28. The largest absolute Gasteiger partial charge is 0.366 e. The minimum Gasteiger partial charge on any atom is -0.366 e. The number of nitrogens with two attached hydrogens (primary N) is 1. The van der Waals surface area contributed by atoms with E-state index in [2.05, 4.69) is 0 Å². The Morgan fingerprint density at radius 2 is 1.96 bits per heavy atom. The van der Waals surface area contributed by atoms with Crippen molar-refractivity contribution in [3.8, 4) is 0 Å². The summed E-state index contributed by atoms with van der Waals surface area (Å²) in [5, 5.41) is 0. The van der Waals surface area contributed by atoms with Crippen molar-refractivity contribution in [3.05, 3.63) is 65.2 Å². The van der Waals surface area contributed by atoms with E-state index in [1.165, 1.54) is 0 Å². The Morgan fingerprint density at radius 1 is 1.19 bits per heavy atom. The number of fused-ring (bicyclic) bond motifs is 1. The van der Waals surface area contributed by atoms with Gasteiger partial charge in [0.25, 0.3) is 0 Å². The van der Waals surface area contributed by atoms with Crippen LogP contribution < -0.4 is 10.6 Å². The maximum Gasteiger partial charge on any atom is 0.248 e. The summed E-state index contributed by atoms with van der Waals surface area (Å²) < 4.78 is 12.5. The molecule has 0 aliphatic carbocycles. The molecule has 2 N–H and O–H groups in total. The first kappa shape index (κ1) is 18.3. The lowest BCUT2D eigenvalue weighted by Crippen LogP contribution is -2.44. The molecule has 1 aliphatic heterocycles. The van der Waals surface area contributed by atoms with Crippen LogP contribution in [0.2, 0.25) is 0 Å². The summed E-state index contributed by atoms with van der Waals surface area (Å²) in [6.45, 7) is 2.02. The van der Waals surface area contributed by atoms with Gasteiger partial charge < -0.3 is 10.6 Å². The quantitative estimate of drug-likeness (QED) is 0.878. The molecule has 0 aromatic heterocycles. The summed E-state index contributed by atoms with van der Waals surface area (Å²) in [5.74, 6) is -0.475. The van der Waals surface area contributed by atoms with Crippen LogP contribution in [0.1, 0.15) is 34.8 Å². The Labute approximate surface area is 155 Å². The molecule has 2 amide bonds. The monoisotopic (exact) mass is 370 g/mol. The summed E-state index contributed by atoms with van der Waals surface area (Å²) in [4.78, 5) is 25.8. The van der Waals surface area contributed by atoms with Gasteiger partial charge in [-0.1, -0.05) is 30.3 Å². The second-order valence-electron chi connectivity index (χ2n) is 6.57. The molecule has 5 nitrogen and oxygen atoms in total. The highest BCUT2D eigenvalue weighted by atomic mass is 32.2. The van der Waals surface area contributed by atoms with E-state index in [9.17, 15) is 13.8 Å². The number of hydrogen-bond acceptors (Lipinski definition) is 3. The van der Waals surface area contributed by atoms with Gasteiger partial charge >= 0.3 is 0 Å². The predicted molar refractivity (Wildman–Crippen MR) is 103 cm³/mol. The van der Waals surface area contributed by atoms with Gasteiger partial charge in [0, 0.05) is 33.8 Å². The first-order chi connectivity index (χ1) is 12.5. The number of aryl methyl sites for hydroxylation is 1. The lowest BCUT2D eigenvalue weighted by molar-refractivity contribution is -0.116. The average Bonchev–Trinajstić information content (AvgIpc) is 2.61. The molecule has 6 heteroatoms. The zero-order valence-corrected chi connectivity index (χ0v) is 15.5. The number of hydrogen-bond donors (Lipinski definition) is 1. The minimum atomic E-state index is -1.36. The second kappa shape index (κ2) is 7.83. The van der Waals surface area contributed by atoms with E-state index in [0.717, 1.165) is 29.7 Å². The number of carbonyl (C=O) groups is 2. The topological polar surface area (TPSA) is 80.5 Å². The first-order valence-corrected chi connectivity index (χ1v) is 10.1. The maximum atomic E-state index is 12.8. The average molecular weight is 370 g/mol. The van der Waals surface area contributed by atoms with Gasteiger partial charge in [0.15, 0.2) is 0 Å². The summed E-state index contributed by atoms with van der Waals surface area (Å²) >= 11 is 0. The zero-order chi connectivity index (χ0) is 18.7. The molecule has 0 unspecified atom stereocenters. The maximum absolute atomic E-state index is 12.8. The van der Waals surface area contributed by atoms with E-state index in [0.29, 0.717) is 5.56 Å². The van der Waals surface area contributed by atoms with Gasteiger partial charge in [0.1, 0.15) is 5.75 Å². The number of benzene rings is 2. The predicted octanol–water partition coefficient (Wildman–Crippen LogP) is 2.40. The van der Waals surface area contributed by atoms with E-state index >= 15 is 0 Å². The molecule has 1 aliphatic rings. The molecule has 0 saturated carbocycles. The molecule has 2 aromatic carbocycles. The standard InChI is InChI=1S/C20H22N2O3S/c1-14-9-10-16-6-2-3-8-18(16)22(14)19(23)13-26(25)12-15-5-4-7-17(11-15)20(21)24/h2-8,11,14H,9-10,12-13H2,1H3,(H2,21,24)/t14-,26-/m1/s1. The van der Waals surface area contributed by atoms with Crippen LogP contribution in [0.25, 0.3) is 0 Å². The first-order valence-electron chi connectivity index (χ1n) is 8.59. The molecule has 0 saturated heterocycles. The molecule has 136 valence electrons. The molecule has 0 fully saturated rings. The van der Waals surface area contributed by atoms with E-state index < -0.39 is 16.7 Å². The Balaban J connectivity index is 1.71. The summed E-state index contributed by atoms with van der Waals surface area (Å²) in [6.07, 6.45) is 1.85. The van der Waals surface area contributed by atoms with E-state index in [1.54, 1.807) is 29.2 Å². The molecule has 1 heterocycles. The third kappa shape index (κ3) is 4.02. The van der Waals surface area contributed by atoms with Crippen molar-refractivity contribution in [2.45, 2.75) is 31.6 Å². The summed E-state index contributed by atoms with van der Waals surface area (Å²) in [6, 6.07) is 14.7. The lowest BCUT2D eigenvalue weighted by atomic mass is 9.97. The van der Waals surface area contributed by atoms with Crippen molar-refractivity contribution < 1.29 is 13.8 Å². The third-order valence-corrected chi connectivity index (χ3v) is 5.84. The summed E-state index contributed by atoms with van der Waals surface area (Å²) in [7, 11) is -1.36. The highest BCUT2D eigenvalue weighted by Crippen LogP contribution is 2.30. The van der Waals surface area contributed by atoms with Crippen molar-refractivity contribution in [1.29, 1.82) is 0 Å². The molecule has 26 heavy (non-hydrogen) atoms. The molecule has 0 radical (unpaired) electrons. The van der Waals surface area contributed by atoms with Gasteiger partial charge in [0.05, 0.1) is 0 Å². The van der Waals surface area contributed by atoms with Crippen molar-refractivity contribution in [1.82, 2.24) is 0 Å². The number of primary amides is 1. The van der Waals surface area contributed by atoms with Crippen molar-refractivity contribution in [2.75, 3.05) is 10.7 Å². The van der Waals surface area contributed by atoms with Gasteiger partial charge in [0.2, 0.25) is 11.8 Å². The number of para-hydroxylation sites is 1. The van der Waals surface area contributed by atoms with Crippen molar-refractivity contribution in [3.63, 3.8) is 0 Å². The molecule has 2 atom stereocenters. The second-order valence-corrected chi connectivity index (χ2v) is 8.03. The van der Waals surface area contributed by atoms with Crippen LogP contribution in [0.4, 0.5) is 5.69 Å². The number of amides is 2. The number of nitrogens with zero attached hydrogens (tertiary/aromatic N) is 1. The molecule has 0 bridgehead atoms. The molecule has 0 spiro atoms.